The number of carbonyl (C=O) groups is 1. The predicted octanol–water partition coefficient (Wildman–Crippen LogP) is 2.54. The van der Waals surface area contributed by atoms with Gasteiger partial charge in [0.2, 0.25) is 0 Å². The van der Waals surface area contributed by atoms with E-state index >= 15 is 0 Å². The molecule has 1 aromatic rings. The summed E-state index contributed by atoms with van der Waals surface area (Å²) in [4.78, 5) is 12.9. The van der Waals surface area contributed by atoms with Crippen LogP contribution in [0.2, 0.25) is 0 Å². The highest BCUT2D eigenvalue weighted by molar-refractivity contribution is 7.90. The quantitative estimate of drug-likeness (QED) is 0.778. The third-order valence-electron chi connectivity index (χ3n) is 3.13. The third-order valence-corrected chi connectivity index (χ3v) is 6.04. The van der Waals surface area contributed by atoms with Crippen LogP contribution in [0, 0.1) is 13.8 Å². The molecule has 8 heteroatoms. The van der Waals surface area contributed by atoms with Gasteiger partial charge in [0.25, 0.3) is 0 Å². The van der Waals surface area contributed by atoms with Crippen molar-refractivity contribution in [1.82, 2.24) is 4.31 Å². The van der Waals surface area contributed by atoms with E-state index in [9.17, 15) is 13.2 Å². The Balaban J connectivity index is 3.20. The van der Waals surface area contributed by atoms with Gasteiger partial charge in [-0.1, -0.05) is 13.8 Å². The van der Waals surface area contributed by atoms with E-state index in [-0.39, 0.29) is 6.61 Å². The average Bonchev–Trinajstić information content (AvgIpc) is 2.65. The summed E-state index contributed by atoms with van der Waals surface area (Å²) in [5.41, 5.74) is 1.05. The van der Waals surface area contributed by atoms with Crippen LogP contribution in [0.25, 0.3) is 0 Å². The molecule has 0 saturated carbocycles. The van der Waals surface area contributed by atoms with Gasteiger partial charge in [-0.25, -0.2) is 4.79 Å². The van der Waals surface area contributed by atoms with E-state index < -0.39 is 16.2 Å². The molecule has 0 bridgehead atoms. The van der Waals surface area contributed by atoms with Crippen molar-refractivity contribution in [2.75, 3.05) is 24.4 Å². The molecule has 0 aliphatic rings. The van der Waals surface area contributed by atoms with Crippen LogP contribution < -0.4 is 4.72 Å². The van der Waals surface area contributed by atoms with Crippen LogP contribution in [0.5, 0.6) is 0 Å². The van der Waals surface area contributed by atoms with Crippen LogP contribution in [0.4, 0.5) is 5.00 Å². The number of esters is 1. The molecule has 0 aromatic carbocycles. The molecule has 21 heavy (non-hydrogen) atoms. The molecule has 0 spiro atoms. The Hall–Kier alpha value is -1.12. The predicted molar refractivity (Wildman–Crippen MR) is 85.2 cm³/mol. The second-order valence-corrected chi connectivity index (χ2v) is 7.29. The lowest BCUT2D eigenvalue weighted by Gasteiger charge is -2.19. The Morgan fingerprint density at radius 1 is 1.24 bits per heavy atom. The van der Waals surface area contributed by atoms with Crippen molar-refractivity contribution in [3.8, 4) is 0 Å². The van der Waals surface area contributed by atoms with E-state index in [1.54, 1.807) is 27.7 Å². The standard InChI is InChI=1S/C13H22N2O4S2/c1-6-15(7-2)21(17,18)14-12-11(13(16)19-8-3)9(4)10(5)20-12/h14H,6-8H2,1-5H3. The molecule has 0 fully saturated rings. The van der Waals surface area contributed by atoms with Crippen molar-refractivity contribution in [3.63, 3.8) is 0 Å². The van der Waals surface area contributed by atoms with Gasteiger partial charge in [0.1, 0.15) is 5.00 Å². The van der Waals surface area contributed by atoms with Gasteiger partial charge in [-0.3, -0.25) is 4.72 Å². The first-order valence-electron chi connectivity index (χ1n) is 6.83. The largest absolute Gasteiger partial charge is 0.462 e. The number of hydrogen-bond acceptors (Lipinski definition) is 5. The van der Waals surface area contributed by atoms with Crippen LogP contribution in [0.15, 0.2) is 0 Å². The lowest BCUT2D eigenvalue weighted by Crippen LogP contribution is -2.35. The summed E-state index contributed by atoms with van der Waals surface area (Å²) in [6.07, 6.45) is 0. The van der Waals surface area contributed by atoms with Crippen LogP contribution in [-0.2, 0) is 14.9 Å². The maximum Gasteiger partial charge on any atom is 0.341 e. The molecule has 0 aliphatic carbocycles. The Kier molecular flexibility index (Phi) is 6.18. The molecule has 0 unspecified atom stereocenters. The first-order valence-corrected chi connectivity index (χ1v) is 9.09. The van der Waals surface area contributed by atoms with Gasteiger partial charge >= 0.3 is 16.2 Å². The summed E-state index contributed by atoms with van der Waals surface area (Å²) < 4.78 is 33.4. The van der Waals surface area contributed by atoms with Crippen LogP contribution in [0.3, 0.4) is 0 Å². The summed E-state index contributed by atoms with van der Waals surface area (Å²) in [7, 11) is -3.66. The minimum atomic E-state index is -3.66. The third kappa shape index (κ3) is 3.96. The molecule has 1 N–H and O–H groups in total. The molecular formula is C13H22N2O4S2. The number of hydrogen-bond donors (Lipinski definition) is 1. The number of rotatable bonds is 7. The lowest BCUT2D eigenvalue weighted by atomic mass is 10.2. The zero-order chi connectivity index (χ0) is 16.2. The molecule has 0 amide bonds. The monoisotopic (exact) mass is 334 g/mol. The summed E-state index contributed by atoms with van der Waals surface area (Å²) >= 11 is 1.24. The van der Waals surface area contributed by atoms with E-state index in [1.807, 2.05) is 6.92 Å². The van der Waals surface area contributed by atoms with Crippen molar-refractivity contribution in [2.24, 2.45) is 0 Å². The minimum absolute atomic E-state index is 0.245. The van der Waals surface area contributed by atoms with Gasteiger partial charge in [-0.15, -0.1) is 11.3 Å². The molecular weight excluding hydrogens is 312 g/mol. The fraction of sp³-hybridized carbons (Fsp3) is 0.615. The molecule has 6 nitrogen and oxygen atoms in total. The van der Waals surface area contributed by atoms with Gasteiger partial charge < -0.3 is 4.74 Å². The number of aryl methyl sites for hydroxylation is 1. The zero-order valence-corrected chi connectivity index (χ0v) is 14.7. The molecule has 0 aliphatic heterocycles. The second kappa shape index (κ2) is 7.24. The van der Waals surface area contributed by atoms with E-state index in [0.717, 1.165) is 10.4 Å². The number of nitrogens with one attached hydrogen (secondary N) is 1. The van der Waals surface area contributed by atoms with Crippen LogP contribution >= 0.6 is 11.3 Å². The summed E-state index contributed by atoms with van der Waals surface area (Å²) in [5, 5.41) is 0.315. The molecule has 120 valence electrons. The van der Waals surface area contributed by atoms with Crippen molar-refractivity contribution < 1.29 is 17.9 Å². The maximum atomic E-state index is 12.3. The molecule has 0 radical (unpaired) electrons. The Morgan fingerprint density at radius 3 is 2.29 bits per heavy atom. The fourth-order valence-corrected chi connectivity index (χ4v) is 4.42. The highest BCUT2D eigenvalue weighted by Gasteiger charge is 2.26. The van der Waals surface area contributed by atoms with Crippen molar-refractivity contribution in [2.45, 2.75) is 34.6 Å². The topological polar surface area (TPSA) is 75.7 Å². The number of nitrogens with zero attached hydrogens (tertiary/aromatic N) is 1. The van der Waals surface area contributed by atoms with Crippen LogP contribution in [-0.4, -0.2) is 38.4 Å². The first-order chi connectivity index (χ1) is 9.78. The second-order valence-electron chi connectivity index (χ2n) is 4.40. The summed E-state index contributed by atoms with van der Waals surface area (Å²) in [6.45, 7) is 9.85. The zero-order valence-electron chi connectivity index (χ0n) is 13.0. The molecule has 1 aromatic heterocycles. The molecule has 1 heterocycles. The minimum Gasteiger partial charge on any atom is -0.462 e. The van der Waals surface area contributed by atoms with Crippen molar-refractivity contribution in [1.29, 1.82) is 0 Å². The van der Waals surface area contributed by atoms with Gasteiger partial charge in [0.05, 0.1) is 12.2 Å². The van der Waals surface area contributed by atoms with E-state index in [2.05, 4.69) is 4.72 Å². The fourth-order valence-electron chi connectivity index (χ4n) is 1.89. The number of ether oxygens (including phenoxy) is 1. The Morgan fingerprint density at radius 2 is 1.81 bits per heavy atom. The van der Waals surface area contributed by atoms with Gasteiger partial charge in [-0.2, -0.15) is 12.7 Å². The summed E-state index contributed by atoms with van der Waals surface area (Å²) in [6, 6.07) is 0. The van der Waals surface area contributed by atoms with Gasteiger partial charge in [0.15, 0.2) is 0 Å². The normalized spacial score (nSPS) is 11.7. The van der Waals surface area contributed by atoms with Gasteiger partial charge in [0, 0.05) is 18.0 Å². The van der Waals surface area contributed by atoms with E-state index in [4.69, 9.17) is 4.74 Å². The number of carbonyl (C=O) groups excluding carboxylic acids is 1. The smallest absolute Gasteiger partial charge is 0.341 e. The van der Waals surface area contributed by atoms with E-state index in [1.165, 1.54) is 15.6 Å². The first kappa shape index (κ1) is 17.9. The SMILES string of the molecule is CCOC(=O)c1c(NS(=O)(=O)N(CC)CC)sc(C)c1C. The average molecular weight is 334 g/mol. The lowest BCUT2D eigenvalue weighted by molar-refractivity contribution is 0.0527. The molecule has 1 rings (SSSR count). The van der Waals surface area contributed by atoms with Gasteiger partial charge in [-0.05, 0) is 26.3 Å². The highest BCUT2D eigenvalue weighted by Crippen LogP contribution is 2.34. The maximum absolute atomic E-state index is 12.3. The number of thiophene rings is 1. The Bertz CT molecular complexity index is 604. The highest BCUT2D eigenvalue weighted by atomic mass is 32.2. The van der Waals surface area contributed by atoms with E-state index in [0.29, 0.717) is 23.7 Å². The molecule has 0 atom stereocenters. The van der Waals surface area contributed by atoms with Crippen LogP contribution in [0.1, 0.15) is 41.6 Å². The number of anilines is 1. The van der Waals surface area contributed by atoms with Crippen molar-refractivity contribution >= 4 is 32.5 Å². The van der Waals surface area contributed by atoms with Crippen molar-refractivity contribution in [3.05, 3.63) is 16.0 Å². The Labute approximate surface area is 130 Å². The summed E-state index contributed by atoms with van der Waals surface area (Å²) in [5.74, 6) is -0.503. The molecule has 0 saturated heterocycles.